The zero-order valence-electron chi connectivity index (χ0n) is 13.1. The van der Waals surface area contributed by atoms with E-state index in [0.717, 1.165) is 53.6 Å². The van der Waals surface area contributed by atoms with Gasteiger partial charge in [0, 0.05) is 22.7 Å². The first-order valence-corrected chi connectivity index (χ1v) is 8.86. The van der Waals surface area contributed by atoms with Gasteiger partial charge in [-0.25, -0.2) is 4.68 Å². The molecule has 0 aliphatic carbocycles. The Kier molecular flexibility index (Phi) is 4.21. The minimum absolute atomic E-state index is 0.691. The van der Waals surface area contributed by atoms with Gasteiger partial charge in [-0.05, 0) is 43.5 Å². The quantitative estimate of drug-likeness (QED) is 0.647. The fourth-order valence-electron chi connectivity index (χ4n) is 3.14. The lowest BCUT2D eigenvalue weighted by molar-refractivity contribution is 0.780. The summed E-state index contributed by atoms with van der Waals surface area (Å²) in [6, 6.07) is 15.6. The van der Waals surface area contributed by atoms with Crippen LogP contribution in [-0.4, -0.2) is 16.3 Å². The average Bonchev–Trinajstić information content (AvgIpc) is 2.78. The monoisotopic (exact) mass is 357 g/mol. The van der Waals surface area contributed by atoms with Gasteiger partial charge in [-0.3, -0.25) is 0 Å². The van der Waals surface area contributed by atoms with Gasteiger partial charge in [0.2, 0.25) is 0 Å². The normalized spacial score (nSPS) is 13.9. The highest BCUT2D eigenvalue weighted by atomic mass is 35.5. The summed E-state index contributed by atoms with van der Waals surface area (Å²) in [5.74, 6) is 1.05. The molecule has 0 bridgehead atoms. The maximum Gasteiger partial charge on any atom is 0.133 e. The Morgan fingerprint density at radius 2 is 1.75 bits per heavy atom. The van der Waals surface area contributed by atoms with Crippen LogP contribution in [0.15, 0.2) is 48.5 Å². The number of benzene rings is 2. The van der Waals surface area contributed by atoms with E-state index in [0.29, 0.717) is 5.02 Å². The standard InChI is InChI=1S/C19H17Cl2N3/c20-14-10-8-13(9-11-14)18-15-5-3-4-12-22-19(15)24(23-18)17-7-2-1-6-16(17)21/h1-2,6-11,22H,3-5,12H2. The van der Waals surface area contributed by atoms with Crippen LogP contribution in [0.3, 0.4) is 0 Å². The SMILES string of the molecule is Clc1ccc(-c2nn(-c3ccccc3Cl)c3c2CCCCN3)cc1. The number of hydrogen-bond acceptors (Lipinski definition) is 2. The molecule has 0 saturated heterocycles. The Morgan fingerprint density at radius 3 is 2.54 bits per heavy atom. The predicted molar refractivity (Wildman–Crippen MR) is 100 cm³/mol. The van der Waals surface area contributed by atoms with Gasteiger partial charge in [-0.1, -0.05) is 47.5 Å². The van der Waals surface area contributed by atoms with Crippen LogP contribution in [0.1, 0.15) is 18.4 Å². The van der Waals surface area contributed by atoms with Crippen molar-refractivity contribution in [3.8, 4) is 16.9 Å². The fourth-order valence-corrected chi connectivity index (χ4v) is 3.48. The van der Waals surface area contributed by atoms with Crippen LogP contribution in [-0.2, 0) is 6.42 Å². The Morgan fingerprint density at radius 1 is 0.958 bits per heavy atom. The highest BCUT2D eigenvalue weighted by Crippen LogP contribution is 2.35. The topological polar surface area (TPSA) is 29.9 Å². The Balaban J connectivity index is 1.92. The first-order valence-electron chi connectivity index (χ1n) is 8.10. The Hall–Kier alpha value is -1.97. The molecule has 3 nitrogen and oxygen atoms in total. The number of nitrogens with zero attached hydrogens (tertiary/aromatic N) is 2. The number of fused-ring (bicyclic) bond motifs is 1. The molecule has 1 aromatic heterocycles. The van der Waals surface area contributed by atoms with Crippen LogP contribution >= 0.6 is 23.2 Å². The number of anilines is 1. The highest BCUT2D eigenvalue weighted by molar-refractivity contribution is 6.32. The molecule has 4 rings (SSSR count). The van der Waals surface area contributed by atoms with Gasteiger partial charge < -0.3 is 5.32 Å². The van der Waals surface area contributed by atoms with E-state index in [4.69, 9.17) is 28.3 Å². The Labute approximate surface area is 151 Å². The highest BCUT2D eigenvalue weighted by Gasteiger charge is 2.22. The lowest BCUT2D eigenvalue weighted by atomic mass is 10.0. The van der Waals surface area contributed by atoms with Crippen molar-refractivity contribution in [3.05, 3.63) is 64.1 Å². The first kappa shape index (κ1) is 15.6. The molecule has 1 aliphatic rings. The molecule has 0 radical (unpaired) electrons. The van der Waals surface area contributed by atoms with Crippen LogP contribution in [0.2, 0.25) is 10.0 Å². The second-order valence-corrected chi connectivity index (χ2v) is 6.77. The summed E-state index contributed by atoms with van der Waals surface area (Å²) in [4.78, 5) is 0. The van der Waals surface area contributed by atoms with Gasteiger partial charge in [0.1, 0.15) is 5.82 Å². The van der Waals surface area contributed by atoms with E-state index in [1.165, 1.54) is 5.56 Å². The molecule has 2 heterocycles. The Bertz CT molecular complexity index is 869. The van der Waals surface area contributed by atoms with Crippen molar-refractivity contribution < 1.29 is 0 Å². The van der Waals surface area contributed by atoms with Crippen molar-refractivity contribution in [1.82, 2.24) is 9.78 Å². The van der Waals surface area contributed by atoms with E-state index < -0.39 is 0 Å². The van der Waals surface area contributed by atoms with E-state index in [9.17, 15) is 0 Å². The third-order valence-corrected chi connectivity index (χ3v) is 4.90. The van der Waals surface area contributed by atoms with E-state index in [2.05, 4.69) is 5.32 Å². The molecule has 0 amide bonds. The summed E-state index contributed by atoms with van der Waals surface area (Å²) in [5, 5.41) is 9.85. The van der Waals surface area contributed by atoms with E-state index in [1.54, 1.807) is 0 Å². The molecular weight excluding hydrogens is 341 g/mol. The minimum atomic E-state index is 0.691. The molecule has 2 aromatic carbocycles. The molecule has 0 fully saturated rings. The molecule has 0 spiro atoms. The number of hydrogen-bond donors (Lipinski definition) is 1. The molecular formula is C19H17Cl2N3. The number of para-hydroxylation sites is 1. The summed E-state index contributed by atoms with van der Waals surface area (Å²) >= 11 is 12.4. The third kappa shape index (κ3) is 2.79. The van der Waals surface area contributed by atoms with Crippen molar-refractivity contribution in [3.63, 3.8) is 0 Å². The van der Waals surface area contributed by atoms with Crippen molar-refractivity contribution in [1.29, 1.82) is 0 Å². The van der Waals surface area contributed by atoms with Gasteiger partial charge in [0.25, 0.3) is 0 Å². The van der Waals surface area contributed by atoms with Crippen LogP contribution < -0.4 is 5.32 Å². The summed E-state index contributed by atoms with van der Waals surface area (Å²) in [6.45, 7) is 0.948. The third-order valence-electron chi connectivity index (χ3n) is 4.33. The maximum absolute atomic E-state index is 6.41. The van der Waals surface area contributed by atoms with Crippen LogP contribution in [0, 0.1) is 0 Å². The second kappa shape index (κ2) is 6.50. The molecule has 24 heavy (non-hydrogen) atoms. The molecule has 0 saturated carbocycles. The molecule has 0 atom stereocenters. The van der Waals surface area contributed by atoms with Crippen LogP contribution in [0.5, 0.6) is 0 Å². The average molecular weight is 358 g/mol. The zero-order valence-corrected chi connectivity index (χ0v) is 14.6. The van der Waals surface area contributed by atoms with Crippen LogP contribution in [0.25, 0.3) is 16.9 Å². The first-order chi connectivity index (χ1) is 11.7. The van der Waals surface area contributed by atoms with E-state index in [-0.39, 0.29) is 0 Å². The van der Waals surface area contributed by atoms with Crippen molar-refractivity contribution >= 4 is 29.0 Å². The molecule has 3 aromatic rings. The van der Waals surface area contributed by atoms with Gasteiger partial charge >= 0.3 is 0 Å². The zero-order chi connectivity index (χ0) is 16.5. The second-order valence-electron chi connectivity index (χ2n) is 5.93. The number of rotatable bonds is 2. The maximum atomic E-state index is 6.41. The predicted octanol–water partition coefficient (Wildman–Crippen LogP) is 5.59. The summed E-state index contributed by atoms with van der Waals surface area (Å²) in [5.41, 5.74) is 4.21. The lowest BCUT2D eigenvalue weighted by Gasteiger charge is -2.10. The van der Waals surface area contributed by atoms with Crippen molar-refractivity contribution in [2.24, 2.45) is 0 Å². The smallest absolute Gasteiger partial charge is 0.133 e. The number of nitrogens with one attached hydrogen (secondary N) is 1. The van der Waals surface area contributed by atoms with Gasteiger partial charge in [0.05, 0.1) is 16.4 Å². The van der Waals surface area contributed by atoms with E-state index in [1.807, 2.05) is 53.2 Å². The van der Waals surface area contributed by atoms with Crippen molar-refractivity contribution in [2.75, 3.05) is 11.9 Å². The molecule has 1 aliphatic heterocycles. The lowest BCUT2D eigenvalue weighted by Crippen LogP contribution is -2.07. The number of halogens is 2. The summed E-state index contributed by atoms with van der Waals surface area (Å²) in [7, 11) is 0. The molecule has 5 heteroatoms. The summed E-state index contributed by atoms with van der Waals surface area (Å²) in [6.07, 6.45) is 3.30. The fraction of sp³-hybridized carbons (Fsp3) is 0.211. The van der Waals surface area contributed by atoms with Gasteiger partial charge in [-0.2, -0.15) is 5.10 Å². The summed E-state index contributed by atoms with van der Waals surface area (Å²) < 4.78 is 1.94. The van der Waals surface area contributed by atoms with Gasteiger partial charge in [-0.15, -0.1) is 0 Å². The van der Waals surface area contributed by atoms with Gasteiger partial charge in [0.15, 0.2) is 0 Å². The van der Waals surface area contributed by atoms with Crippen molar-refractivity contribution in [2.45, 2.75) is 19.3 Å². The molecule has 0 unspecified atom stereocenters. The number of aromatic nitrogens is 2. The van der Waals surface area contributed by atoms with Crippen LogP contribution in [0.4, 0.5) is 5.82 Å². The molecule has 122 valence electrons. The molecule has 1 N–H and O–H groups in total. The van der Waals surface area contributed by atoms with E-state index >= 15 is 0 Å². The minimum Gasteiger partial charge on any atom is -0.370 e. The largest absolute Gasteiger partial charge is 0.370 e.